The molecule has 0 bridgehead atoms. The average Bonchev–Trinajstić information content (AvgIpc) is 2.55. The second-order valence-electron chi connectivity index (χ2n) is 4.35. The van der Waals surface area contributed by atoms with Gasteiger partial charge in [-0.05, 0) is 43.2 Å². The molecule has 0 aliphatic carbocycles. The second-order valence-corrected chi connectivity index (χ2v) is 5.89. The van der Waals surface area contributed by atoms with Crippen LogP contribution in [0.3, 0.4) is 0 Å². The summed E-state index contributed by atoms with van der Waals surface area (Å²) in [6, 6.07) is 0. The normalized spacial score (nSPS) is 13.4. The van der Waals surface area contributed by atoms with Crippen molar-refractivity contribution in [1.29, 1.82) is 0 Å². The Labute approximate surface area is 117 Å². The van der Waals surface area contributed by atoms with Gasteiger partial charge in [-0.1, -0.05) is 6.92 Å². The zero-order valence-electron chi connectivity index (χ0n) is 11.0. The van der Waals surface area contributed by atoms with Crippen molar-refractivity contribution in [3.8, 4) is 0 Å². The van der Waals surface area contributed by atoms with Crippen molar-refractivity contribution in [2.45, 2.75) is 45.7 Å². The smallest absolute Gasteiger partial charge is 0.0767 e. The molecule has 1 aromatic heterocycles. The molecule has 1 heterocycles. The van der Waals surface area contributed by atoms with Crippen molar-refractivity contribution in [1.82, 2.24) is 14.7 Å². The maximum Gasteiger partial charge on any atom is 0.0767 e. The number of aromatic nitrogens is 2. The minimum Gasteiger partial charge on any atom is -0.299 e. The predicted octanol–water partition coefficient (Wildman–Crippen LogP) is 3.29. The molecule has 1 aromatic rings. The van der Waals surface area contributed by atoms with Gasteiger partial charge < -0.3 is 0 Å². The van der Waals surface area contributed by atoms with Crippen LogP contribution < -0.4 is 0 Å². The quantitative estimate of drug-likeness (QED) is 0.749. The highest BCUT2D eigenvalue weighted by atomic mass is 79.9. The van der Waals surface area contributed by atoms with Crippen LogP contribution in [-0.2, 0) is 19.5 Å². The summed E-state index contributed by atoms with van der Waals surface area (Å²) in [7, 11) is 2.09. The number of alkyl halides is 1. The minimum absolute atomic E-state index is 0.169. The van der Waals surface area contributed by atoms with Gasteiger partial charge in [-0.3, -0.25) is 9.58 Å². The van der Waals surface area contributed by atoms with Gasteiger partial charge in [0.2, 0.25) is 0 Å². The van der Waals surface area contributed by atoms with Crippen molar-refractivity contribution in [3.63, 3.8) is 0 Å². The van der Waals surface area contributed by atoms with Crippen molar-refractivity contribution in [2.24, 2.45) is 0 Å². The van der Waals surface area contributed by atoms with Gasteiger partial charge in [-0.2, -0.15) is 5.10 Å². The first kappa shape index (κ1) is 15.0. The van der Waals surface area contributed by atoms with Crippen LogP contribution >= 0.6 is 27.5 Å². The van der Waals surface area contributed by atoms with Crippen LogP contribution in [0.25, 0.3) is 0 Å². The van der Waals surface area contributed by atoms with E-state index in [9.17, 15) is 0 Å². The molecule has 0 aliphatic rings. The van der Waals surface area contributed by atoms with Crippen LogP contribution in [0.5, 0.6) is 0 Å². The number of hydrogen-bond acceptors (Lipinski definition) is 2. The van der Waals surface area contributed by atoms with E-state index < -0.39 is 0 Å². The molecule has 1 atom stereocenters. The van der Waals surface area contributed by atoms with E-state index >= 15 is 0 Å². The standard InChI is InChI=1S/C12H21BrClN3/c1-5-10-12(13)11(17(6-2)15-10)8-16(4)7-9(3)14/h9H,5-8H2,1-4H3. The van der Waals surface area contributed by atoms with Gasteiger partial charge in [0.15, 0.2) is 0 Å². The molecule has 0 saturated carbocycles. The summed E-state index contributed by atoms with van der Waals surface area (Å²) in [6.07, 6.45) is 0.955. The van der Waals surface area contributed by atoms with Gasteiger partial charge in [-0.15, -0.1) is 11.6 Å². The van der Waals surface area contributed by atoms with E-state index in [1.54, 1.807) is 0 Å². The molecule has 1 unspecified atom stereocenters. The highest BCUT2D eigenvalue weighted by Gasteiger charge is 2.15. The van der Waals surface area contributed by atoms with E-state index in [1.807, 2.05) is 6.92 Å². The maximum absolute atomic E-state index is 6.01. The van der Waals surface area contributed by atoms with Crippen molar-refractivity contribution < 1.29 is 0 Å². The minimum atomic E-state index is 0.169. The lowest BCUT2D eigenvalue weighted by molar-refractivity contribution is 0.317. The first-order valence-corrected chi connectivity index (χ1v) is 7.29. The van der Waals surface area contributed by atoms with Crippen LogP contribution in [0, 0.1) is 0 Å². The first-order chi connectivity index (χ1) is 7.99. The van der Waals surface area contributed by atoms with Gasteiger partial charge >= 0.3 is 0 Å². The lowest BCUT2D eigenvalue weighted by Crippen LogP contribution is -2.25. The molecule has 0 aromatic carbocycles. The monoisotopic (exact) mass is 321 g/mol. The summed E-state index contributed by atoms with van der Waals surface area (Å²) in [5.41, 5.74) is 2.37. The number of halogens is 2. The second kappa shape index (κ2) is 6.76. The van der Waals surface area contributed by atoms with Crippen molar-refractivity contribution >= 4 is 27.5 Å². The molecule has 0 aliphatic heterocycles. The summed E-state index contributed by atoms with van der Waals surface area (Å²) < 4.78 is 3.22. The fourth-order valence-corrected chi connectivity index (χ4v) is 2.84. The van der Waals surface area contributed by atoms with Gasteiger partial charge in [-0.25, -0.2) is 0 Å². The molecule has 1 rings (SSSR count). The molecule has 98 valence electrons. The lowest BCUT2D eigenvalue weighted by Gasteiger charge is -2.18. The third kappa shape index (κ3) is 3.97. The van der Waals surface area contributed by atoms with Crippen LogP contribution in [0.4, 0.5) is 0 Å². The molecule has 0 spiro atoms. The molecular formula is C12H21BrClN3. The number of rotatable bonds is 6. The lowest BCUT2D eigenvalue weighted by atomic mass is 10.3. The third-order valence-electron chi connectivity index (χ3n) is 2.68. The SMILES string of the molecule is CCc1nn(CC)c(CN(C)CC(C)Cl)c1Br. The van der Waals surface area contributed by atoms with Crippen LogP contribution in [0.2, 0.25) is 0 Å². The number of nitrogens with zero attached hydrogens (tertiary/aromatic N) is 3. The Morgan fingerprint density at radius 1 is 1.47 bits per heavy atom. The van der Waals surface area contributed by atoms with E-state index in [0.717, 1.165) is 36.2 Å². The highest BCUT2D eigenvalue weighted by molar-refractivity contribution is 9.10. The molecule has 0 N–H and O–H groups in total. The number of hydrogen-bond donors (Lipinski definition) is 0. The number of aryl methyl sites for hydroxylation is 2. The van der Waals surface area contributed by atoms with E-state index in [-0.39, 0.29) is 5.38 Å². The Kier molecular flexibility index (Phi) is 5.97. The topological polar surface area (TPSA) is 21.1 Å². The van der Waals surface area contributed by atoms with Crippen molar-refractivity contribution in [2.75, 3.05) is 13.6 Å². The van der Waals surface area contributed by atoms with Gasteiger partial charge in [0.05, 0.1) is 15.9 Å². The van der Waals surface area contributed by atoms with Crippen LogP contribution in [-0.4, -0.2) is 33.6 Å². The fourth-order valence-electron chi connectivity index (χ4n) is 1.92. The molecule has 3 nitrogen and oxygen atoms in total. The van der Waals surface area contributed by atoms with E-state index in [1.165, 1.54) is 5.69 Å². The third-order valence-corrected chi connectivity index (χ3v) is 3.73. The molecule has 0 fully saturated rings. The Morgan fingerprint density at radius 3 is 2.59 bits per heavy atom. The predicted molar refractivity (Wildman–Crippen MR) is 76.6 cm³/mol. The Balaban J connectivity index is 2.85. The van der Waals surface area contributed by atoms with Gasteiger partial charge in [0, 0.05) is 25.0 Å². The molecule has 0 radical (unpaired) electrons. The molecule has 0 amide bonds. The highest BCUT2D eigenvalue weighted by Crippen LogP contribution is 2.23. The Bertz CT molecular complexity index is 363. The van der Waals surface area contributed by atoms with E-state index in [0.29, 0.717) is 0 Å². The summed E-state index contributed by atoms with van der Waals surface area (Å²) in [4.78, 5) is 2.23. The fraction of sp³-hybridized carbons (Fsp3) is 0.750. The molecule has 0 saturated heterocycles. The molecule has 5 heteroatoms. The maximum atomic E-state index is 6.01. The van der Waals surface area contributed by atoms with E-state index in [2.05, 4.69) is 51.5 Å². The largest absolute Gasteiger partial charge is 0.299 e. The summed E-state index contributed by atoms with van der Waals surface area (Å²) >= 11 is 9.66. The van der Waals surface area contributed by atoms with Crippen LogP contribution in [0.1, 0.15) is 32.2 Å². The zero-order valence-corrected chi connectivity index (χ0v) is 13.3. The van der Waals surface area contributed by atoms with Crippen molar-refractivity contribution in [3.05, 3.63) is 15.9 Å². The van der Waals surface area contributed by atoms with Gasteiger partial charge in [0.1, 0.15) is 0 Å². The molecule has 17 heavy (non-hydrogen) atoms. The first-order valence-electron chi connectivity index (χ1n) is 6.06. The van der Waals surface area contributed by atoms with Gasteiger partial charge in [0.25, 0.3) is 0 Å². The average molecular weight is 323 g/mol. The zero-order chi connectivity index (χ0) is 13.0. The Hall–Kier alpha value is -0.0600. The Morgan fingerprint density at radius 2 is 2.12 bits per heavy atom. The summed E-state index contributed by atoms with van der Waals surface area (Å²) in [5.74, 6) is 0. The summed E-state index contributed by atoms with van der Waals surface area (Å²) in [6.45, 7) is 8.91. The summed E-state index contributed by atoms with van der Waals surface area (Å²) in [5, 5.41) is 4.76. The van der Waals surface area contributed by atoms with Crippen LogP contribution in [0.15, 0.2) is 4.47 Å². The molecular weight excluding hydrogens is 302 g/mol. The van der Waals surface area contributed by atoms with E-state index in [4.69, 9.17) is 11.6 Å².